The van der Waals surface area contributed by atoms with Crippen molar-refractivity contribution in [2.45, 2.75) is 26.7 Å². The molecule has 0 aliphatic carbocycles. The number of anilines is 1. The summed E-state index contributed by atoms with van der Waals surface area (Å²) in [6, 6.07) is 15.9. The quantitative estimate of drug-likeness (QED) is 0.330. The highest BCUT2D eigenvalue weighted by atomic mass is 16.5. The number of guanidine groups is 1. The number of hydrogen-bond donors (Lipinski definition) is 2. The van der Waals surface area contributed by atoms with E-state index in [1.165, 1.54) is 5.56 Å². The van der Waals surface area contributed by atoms with Crippen LogP contribution < -0.4 is 20.5 Å². The van der Waals surface area contributed by atoms with E-state index in [9.17, 15) is 0 Å². The van der Waals surface area contributed by atoms with Gasteiger partial charge in [-0.1, -0.05) is 30.3 Å². The van der Waals surface area contributed by atoms with Gasteiger partial charge in [-0.25, -0.2) is 0 Å². The molecule has 152 valence electrons. The monoisotopic (exact) mass is 385 g/mol. The number of benzene rings is 2. The first-order valence-electron chi connectivity index (χ1n) is 9.81. The molecule has 0 spiro atoms. The van der Waals surface area contributed by atoms with Crippen LogP contribution in [0.5, 0.6) is 11.5 Å². The van der Waals surface area contributed by atoms with Gasteiger partial charge in [-0.05, 0) is 44.4 Å². The smallest absolute Gasteiger partial charge is 0.193 e. The average Bonchev–Trinajstić information content (AvgIpc) is 2.70. The number of nitrogens with two attached hydrogens (primary N) is 1. The fourth-order valence-corrected chi connectivity index (χ4v) is 2.62. The Kier molecular flexibility index (Phi) is 9.72. The lowest BCUT2D eigenvalue weighted by atomic mass is 10.2. The normalized spacial score (nSPS) is 11.3. The highest BCUT2D eigenvalue weighted by molar-refractivity contribution is 5.94. The summed E-state index contributed by atoms with van der Waals surface area (Å²) in [6.07, 6.45) is 1.73. The Hall–Kier alpha value is -2.73. The zero-order valence-electron chi connectivity index (χ0n) is 16.8. The second kappa shape index (κ2) is 12.6. The standard InChI is InChI=1S/C22H31N3O3/c1-3-27-19-11-12-21(28-4-2)20(17-19)25-22(23)24-14-8-15-26-16-13-18-9-6-5-7-10-18/h5-7,9-12,17H,3-4,8,13-16H2,1-2H3,(H3,23,24,25). The molecular weight excluding hydrogens is 354 g/mol. The molecule has 2 aromatic rings. The zero-order valence-corrected chi connectivity index (χ0v) is 16.8. The Labute approximate surface area is 167 Å². The van der Waals surface area contributed by atoms with Crippen molar-refractivity contribution in [3.8, 4) is 11.5 Å². The summed E-state index contributed by atoms with van der Waals surface area (Å²) >= 11 is 0. The minimum absolute atomic E-state index is 0.346. The first-order valence-corrected chi connectivity index (χ1v) is 9.81. The first kappa shape index (κ1) is 21.6. The molecule has 0 unspecified atom stereocenters. The minimum Gasteiger partial charge on any atom is -0.494 e. The van der Waals surface area contributed by atoms with Crippen LogP contribution in [0.2, 0.25) is 0 Å². The third-order valence-electron chi connectivity index (χ3n) is 3.93. The first-order chi connectivity index (χ1) is 13.7. The van der Waals surface area contributed by atoms with Crippen molar-refractivity contribution >= 4 is 11.6 Å². The van der Waals surface area contributed by atoms with Gasteiger partial charge in [0, 0.05) is 19.2 Å². The summed E-state index contributed by atoms with van der Waals surface area (Å²) in [5, 5.41) is 3.10. The number of ether oxygens (including phenoxy) is 3. The molecule has 0 aliphatic heterocycles. The molecule has 0 amide bonds. The Morgan fingerprint density at radius 3 is 2.54 bits per heavy atom. The van der Waals surface area contributed by atoms with E-state index < -0.39 is 0 Å². The van der Waals surface area contributed by atoms with Gasteiger partial charge in [-0.3, -0.25) is 4.99 Å². The summed E-state index contributed by atoms with van der Waals surface area (Å²) in [6.45, 7) is 7.02. The summed E-state index contributed by atoms with van der Waals surface area (Å²) in [4.78, 5) is 4.36. The van der Waals surface area contributed by atoms with Crippen molar-refractivity contribution in [2.24, 2.45) is 10.7 Å². The van der Waals surface area contributed by atoms with Gasteiger partial charge in [0.1, 0.15) is 11.5 Å². The van der Waals surface area contributed by atoms with Gasteiger partial charge < -0.3 is 25.3 Å². The predicted octanol–water partition coefficient (Wildman–Crippen LogP) is 3.86. The van der Waals surface area contributed by atoms with E-state index in [-0.39, 0.29) is 0 Å². The van der Waals surface area contributed by atoms with Crippen LogP contribution in [0.25, 0.3) is 0 Å². The van der Waals surface area contributed by atoms with Crippen LogP contribution in [0.1, 0.15) is 25.8 Å². The van der Waals surface area contributed by atoms with E-state index in [1.54, 1.807) is 0 Å². The topological polar surface area (TPSA) is 78.1 Å². The molecule has 0 radical (unpaired) electrons. The Balaban J connectivity index is 1.73. The van der Waals surface area contributed by atoms with E-state index >= 15 is 0 Å². The number of aliphatic imine (C=N–C) groups is 1. The van der Waals surface area contributed by atoms with Crippen molar-refractivity contribution in [2.75, 3.05) is 38.3 Å². The van der Waals surface area contributed by atoms with Crippen LogP contribution in [0.15, 0.2) is 53.5 Å². The molecular formula is C22H31N3O3. The Bertz CT molecular complexity index is 720. The molecule has 2 rings (SSSR count). The van der Waals surface area contributed by atoms with Crippen molar-refractivity contribution in [3.63, 3.8) is 0 Å². The third-order valence-corrected chi connectivity index (χ3v) is 3.93. The van der Waals surface area contributed by atoms with Gasteiger partial charge in [0.05, 0.1) is 25.5 Å². The van der Waals surface area contributed by atoms with Crippen molar-refractivity contribution in [1.29, 1.82) is 0 Å². The van der Waals surface area contributed by atoms with E-state index in [0.29, 0.717) is 44.7 Å². The average molecular weight is 386 g/mol. The molecule has 3 N–H and O–H groups in total. The maximum Gasteiger partial charge on any atom is 0.193 e. The second-order valence-electron chi connectivity index (χ2n) is 6.12. The van der Waals surface area contributed by atoms with E-state index in [4.69, 9.17) is 19.9 Å². The van der Waals surface area contributed by atoms with E-state index in [0.717, 1.165) is 24.3 Å². The van der Waals surface area contributed by atoms with Crippen molar-refractivity contribution < 1.29 is 14.2 Å². The zero-order chi connectivity index (χ0) is 20.0. The Morgan fingerprint density at radius 2 is 1.79 bits per heavy atom. The van der Waals surface area contributed by atoms with Gasteiger partial charge in [0.2, 0.25) is 0 Å². The summed E-state index contributed by atoms with van der Waals surface area (Å²) in [5.74, 6) is 1.82. The lowest BCUT2D eigenvalue weighted by Crippen LogP contribution is -2.23. The van der Waals surface area contributed by atoms with Crippen molar-refractivity contribution in [3.05, 3.63) is 54.1 Å². The van der Waals surface area contributed by atoms with Gasteiger partial charge >= 0.3 is 0 Å². The Morgan fingerprint density at radius 1 is 1.00 bits per heavy atom. The van der Waals surface area contributed by atoms with Gasteiger partial charge in [0.15, 0.2) is 5.96 Å². The molecule has 2 aromatic carbocycles. The van der Waals surface area contributed by atoms with E-state index in [2.05, 4.69) is 22.4 Å². The molecule has 0 heterocycles. The molecule has 0 aromatic heterocycles. The van der Waals surface area contributed by atoms with Crippen LogP contribution in [0, 0.1) is 0 Å². The van der Waals surface area contributed by atoms with Gasteiger partial charge in [-0.2, -0.15) is 0 Å². The molecule has 0 atom stereocenters. The summed E-state index contributed by atoms with van der Waals surface area (Å²) in [5.41, 5.74) is 8.04. The molecule has 6 nitrogen and oxygen atoms in total. The van der Waals surface area contributed by atoms with Crippen LogP contribution >= 0.6 is 0 Å². The maximum absolute atomic E-state index is 6.01. The van der Waals surface area contributed by atoms with Crippen LogP contribution in [0.3, 0.4) is 0 Å². The molecule has 0 aliphatic rings. The number of rotatable bonds is 12. The number of nitrogens with one attached hydrogen (secondary N) is 1. The molecule has 28 heavy (non-hydrogen) atoms. The van der Waals surface area contributed by atoms with Gasteiger partial charge in [0.25, 0.3) is 0 Å². The fraction of sp³-hybridized carbons (Fsp3) is 0.409. The van der Waals surface area contributed by atoms with Crippen LogP contribution in [-0.2, 0) is 11.2 Å². The number of nitrogens with zero attached hydrogens (tertiary/aromatic N) is 1. The maximum atomic E-state index is 6.01. The van der Waals surface area contributed by atoms with Crippen LogP contribution in [0.4, 0.5) is 5.69 Å². The lowest BCUT2D eigenvalue weighted by molar-refractivity contribution is 0.136. The third kappa shape index (κ3) is 7.88. The lowest BCUT2D eigenvalue weighted by Gasteiger charge is -2.14. The molecule has 6 heteroatoms. The second-order valence-corrected chi connectivity index (χ2v) is 6.12. The predicted molar refractivity (Wildman–Crippen MR) is 114 cm³/mol. The molecule has 0 fully saturated rings. The molecule has 0 saturated heterocycles. The summed E-state index contributed by atoms with van der Waals surface area (Å²) in [7, 11) is 0. The molecule has 0 saturated carbocycles. The highest BCUT2D eigenvalue weighted by Crippen LogP contribution is 2.29. The highest BCUT2D eigenvalue weighted by Gasteiger charge is 2.07. The summed E-state index contributed by atoms with van der Waals surface area (Å²) < 4.78 is 16.8. The fourth-order valence-electron chi connectivity index (χ4n) is 2.62. The SMILES string of the molecule is CCOc1ccc(OCC)c(NC(N)=NCCCOCCc2ccccc2)c1. The minimum atomic E-state index is 0.346. The van der Waals surface area contributed by atoms with Gasteiger partial charge in [-0.15, -0.1) is 0 Å². The molecule has 0 bridgehead atoms. The van der Waals surface area contributed by atoms with E-state index in [1.807, 2.05) is 50.2 Å². The number of hydrogen-bond acceptors (Lipinski definition) is 4. The largest absolute Gasteiger partial charge is 0.494 e. The van der Waals surface area contributed by atoms with Crippen molar-refractivity contribution in [1.82, 2.24) is 0 Å². The van der Waals surface area contributed by atoms with Crippen LogP contribution in [-0.4, -0.2) is 38.9 Å².